The summed E-state index contributed by atoms with van der Waals surface area (Å²) in [5.41, 5.74) is 3.74. The Morgan fingerprint density at radius 1 is 0.829 bits per heavy atom. The van der Waals surface area contributed by atoms with Crippen molar-refractivity contribution in [3.05, 3.63) is 82.9 Å². The lowest BCUT2D eigenvalue weighted by molar-refractivity contribution is -0.645. The first-order valence-corrected chi connectivity index (χ1v) is 15.4. The second-order valence-electron chi connectivity index (χ2n) is 10.5. The molecule has 0 saturated heterocycles. The molecule has 1 heterocycles. The number of methoxy groups -OCH3 is 1. The number of para-hydroxylation sites is 2. The maximum Gasteiger partial charge on any atom is 0.345 e. The van der Waals surface area contributed by atoms with Crippen molar-refractivity contribution in [2.24, 2.45) is 0 Å². The molecule has 9 heteroatoms. The van der Waals surface area contributed by atoms with Crippen LogP contribution in [0.2, 0.25) is 0 Å². The SMILES string of the molecule is COC(=O)c1cc(C)c(OC(=O)c2c3ccccc3[n+](CCCS(=O)(=O)CCCN(C)C)c3ccccc23)c(C)c1. The molecule has 0 fully saturated rings. The van der Waals surface area contributed by atoms with E-state index in [4.69, 9.17) is 9.47 Å². The zero-order valence-corrected chi connectivity index (χ0v) is 25.1. The van der Waals surface area contributed by atoms with Gasteiger partial charge in [-0.2, -0.15) is 4.57 Å². The number of ether oxygens (including phenoxy) is 2. The summed E-state index contributed by atoms with van der Waals surface area (Å²) in [6.07, 6.45) is 1.06. The lowest BCUT2D eigenvalue weighted by atomic mass is 10.0. The van der Waals surface area contributed by atoms with Gasteiger partial charge in [0, 0.05) is 18.6 Å². The van der Waals surface area contributed by atoms with Gasteiger partial charge in [-0.1, -0.05) is 24.3 Å². The van der Waals surface area contributed by atoms with Gasteiger partial charge in [-0.05, 0) is 76.3 Å². The summed E-state index contributed by atoms with van der Waals surface area (Å²) < 4.78 is 38.2. The summed E-state index contributed by atoms with van der Waals surface area (Å²) in [6, 6.07) is 18.5. The first-order valence-electron chi connectivity index (χ1n) is 13.6. The molecule has 0 radical (unpaired) electrons. The van der Waals surface area contributed by atoms with Crippen molar-refractivity contribution < 1.29 is 32.0 Å². The van der Waals surface area contributed by atoms with Crippen molar-refractivity contribution in [2.45, 2.75) is 33.2 Å². The topological polar surface area (TPSA) is 93.9 Å². The monoisotopic (exact) mass is 577 g/mol. The molecular weight excluding hydrogens is 540 g/mol. The van der Waals surface area contributed by atoms with Crippen LogP contribution in [0.3, 0.4) is 0 Å². The predicted octanol–water partition coefficient (Wildman–Crippen LogP) is 4.66. The number of aromatic nitrogens is 1. The Balaban J connectivity index is 1.69. The van der Waals surface area contributed by atoms with Gasteiger partial charge < -0.3 is 14.4 Å². The van der Waals surface area contributed by atoms with E-state index in [1.807, 2.05) is 67.5 Å². The van der Waals surface area contributed by atoms with E-state index in [2.05, 4.69) is 4.57 Å². The molecule has 216 valence electrons. The zero-order chi connectivity index (χ0) is 29.7. The standard InChI is InChI=1S/C32H37N2O6S/c1-22-20-24(31(35)39-5)21-23(2)30(22)40-32(36)29-25-12-6-8-14-27(25)34(28-15-9-7-13-26(28)29)17-11-19-41(37,38)18-10-16-33(3)4/h6-9,12-15,20-21H,10-11,16-19H2,1-5H3/q+1. The summed E-state index contributed by atoms with van der Waals surface area (Å²) in [5.74, 6) is -0.307. The highest BCUT2D eigenvalue weighted by atomic mass is 32.2. The molecule has 0 unspecified atom stereocenters. The molecule has 0 aliphatic carbocycles. The number of carbonyl (C=O) groups is 2. The Kier molecular flexibility index (Phi) is 9.40. The third kappa shape index (κ3) is 6.92. The lowest BCUT2D eigenvalue weighted by Gasteiger charge is -2.15. The number of fused-ring (bicyclic) bond motifs is 2. The molecule has 4 rings (SSSR count). The van der Waals surface area contributed by atoms with Crippen LogP contribution in [0.4, 0.5) is 0 Å². The van der Waals surface area contributed by atoms with E-state index in [-0.39, 0.29) is 11.5 Å². The quantitative estimate of drug-likeness (QED) is 0.111. The molecular formula is C32H37N2O6S+. The number of hydrogen-bond acceptors (Lipinski definition) is 7. The Bertz CT molecular complexity index is 1630. The van der Waals surface area contributed by atoms with Gasteiger partial charge in [-0.3, -0.25) is 0 Å². The number of benzene rings is 3. The molecule has 0 amide bonds. The number of carbonyl (C=O) groups excluding carboxylic acids is 2. The molecule has 8 nitrogen and oxygen atoms in total. The van der Waals surface area contributed by atoms with Gasteiger partial charge in [0.1, 0.15) is 5.75 Å². The number of esters is 2. The molecule has 0 aliphatic rings. The Hall–Kier alpha value is -3.82. The van der Waals surface area contributed by atoms with E-state index in [9.17, 15) is 18.0 Å². The average Bonchev–Trinajstić information content (AvgIpc) is 2.93. The van der Waals surface area contributed by atoms with Crippen molar-refractivity contribution in [2.75, 3.05) is 39.3 Å². The predicted molar refractivity (Wildman–Crippen MR) is 160 cm³/mol. The number of sulfone groups is 1. The molecule has 0 N–H and O–H groups in total. The third-order valence-corrected chi connectivity index (χ3v) is 8.93. The Morgan fingerprint density at radius 2 is 1.37 bits per heavy atom. The summed E-state index contributed by atoms with van der Waals surface area (Å²) in [5, 5.41) is 1.43. The minimum absolute atomic E-state index is 0.0972. The Morgan fingerprint density at radius 3 is 1.90 bits per heavy atom. The van der Waals surface area contributed by atoms with Gasteiger partial charge in [0.15, 0.2) is 16.4 Å². The molecule has 1 aromatic heterocycles. The van der Waals surface area contributed by atoms with Crippen molar-refractivity contribution in [1.29, 1.82) is 0 Å². The van der Waals surface area contributed by atoms with E-state index < -0.39 is 21.8 Å². The van der Waals surface area contributed by atoms with Crippen LogP contribution in [0, 0.1) is 13.8 Å². The van der Waals surface area contributed by atoms with Crippen molar-refractivity contribution in [1.82, 2.24) is 4.90 Å². The van der Waals surface area contributed by atoms with Crippen molar-refractivity contribution in [3.63, 3.8) is 0 Å². The van der Waals surface area contributed by atoms with Gasteiger partial charge in [0.25, 0.3) is 0 Å². The normalized spacial score (nSPS) is 11.8. The summed E-state index contributed by atoms with van der Waals surface area (Å²) in [7, 11) is 2.02. The van der Waals surface area contributed by atoms with Crippen LogP contribution >= 0.6 is 0 Å². The smallest absolute Gasteiger partial charge is 0.345 e. The maximum atomic E-state index is 13.8. The molecule has 0 saturated carbocycles. The fourth-order valence-corrected chi connectivity index (χ4v) is 6.55. The van der Waals surface area contributed by atoms with Crippen LogP contribution < -0.4 is 9.30 Å². The van der Waals surface area contributed by atoms with Crippen LogP contribution in [-0.2, 0) is 21.1 Å². The van der Waals surface area contributed by atoms with Crippen LogP contribution in [-0.4, -0.2) is 64.5 Å². The number of rotatable bonds is 11. The average molecular weight is 578 g/mol. The highest BCUT2D eigenvalue weighted by Crippen LogP contribution is 2.30. The Labute approximate surface area is 241 Å². The van der Waals surface area contributed by atoms with Crippen LogP contribution in [0.25, 0.3) is 21.8 Å². The molecule has 0 atom stereocenters. The molecule has 0 spiro atoms. The van der Waals surface area contributed by atoms with Gasteiger partial charge >= 0.3 is 11.9 Å². The molecule has 4 aromatic rings. The second kappa shape index (κ2) is 12.8. The summed E-state index contributed by atoms with van der Waals surface area (Å²) in [4.78, 5) is 27.8. The number of pyridine rings is 1. The summed E-state index contributed by atoms with van der Waals surface area (Å²) in [6.45, 7) is 4.78. The first kappa shape index (κ1) is 30.1. The fraction of sp³-hybridized carbons (Fsp3) is 0.344. The van der Waals surface area contributed by atoms with Crippen molar-refractivity contribution >= 4 is 43.6 Å². The van der Waals surface area contributed by atoms with Crippen LogP contribution in [0.1, 0.15) is 44.7 Å². The molecule has 41 heavy (non-hydrogen) atoms. The molecule has 0 bridgehead atoms. The van der Waals surface area contributed by atoms with Gasteiger partial charge in [-0.25, -0.2) is 18.0 Å². The zero-order valence-electron chi connectivity index (χ0n) is 24.3. The van der Waals surface area contributed by atoms with Crippen LogP contribution in [0.15, 0.2) is 60.7 Å². The van der Waals surface area contributed by atoms with E-state index in [1.165, 1.54) is 7.11 Å². The highest BCUT2D eigenvalue weighted by Gasteiger charge is 2.26. The van der Waals surface area contributed by atoms with E-state index in [0.717, 1.165) is 17.6 Å². The fourth-order valence-electron chi connectivity index (χ4n) is 5.21. The van der Waals surface area contributed by atoms with Crippen molar-refractivity contribution in [3.8, 4) is 5.75 Å². The number of aryl methyl sites for hydroxylation is 3. The minimum Gasteiger partial charge on any atom is -0.465 e. The largest absolute Gasteiger partial charge is 0.465 e. The minimum atomic E-state index is -3.17. The highest BCUT2D eigenvalue weighted by molar-refractivity contribution is 7.91. The van der Waals surface area contributed by atoms with E-state index in [1.54, 1.807) is 26.0 Å². The van der Waals surface area contributed by atoms with E-state index >= 15 is 0 Å². The van der Waals surface area contributed by atoms with E-state index in [0.29, 0.717) is 58.2 Å². The maximum absolute atomic E-state index is 13.8. The molecule has 0 aliphatic heterocycles. The second-order valence-corrected chi connectivity index (χ2v) is 12.8. The lowest BCUT2D eigenvalue weighted by Crippen LogP contribution is -2.37. The van der Waals surface area contributed by atoms with Gasteiger partial charge in [0.05, 0.1) is 40.5 Å². The summed E-state index contributed by atoms with van der Waals surface area (Å²) >= 11 is 0. The third-order valence-electron chi connectivity index (χ3n) is 7.11. The van der Waals surface area contributed by atoms with Gasteiger partial charge in [0.2, 0.25) is 11.0 Å². The number of nitrogens with zero attached hydrogens (tertiary/aromatic N) is 2. The van der Waals surface area contributed by atoms with Gasteiger partial charge in [-0.15, -0.1) is 0 Å². The molecule has 3 aromatic carbocycles. The first-order chi connectivity index (χ1) is 19.5. The number of hydrogen-bond donors (Lipinski definition) is 0. The van der Waals surface area contributed by atoms with Crippen LogP contribution in [0.5, 0.6) is 5.75 Å².